The fourth-order valence-electron chi connectivity index (χ4n) is 5.44. The quantitative estimate of drug-likeness (QED) is 0.136. The Balaban J connectivity index is 0.00000202. The summed E-state index contributed by atoms with van der Waals surface area (Å²) in [5.74, 6) is 1.27. The van der Waals surface area contributed by atoms with Crippen LogP contribution in [0.1, 0.15) is 60.4 Å². The van der Waals surface area contributed by atoms with E-state index in [1.165, 1.54) is 16.3 Å². The molecule has 1 aliphatic rings. The molecule has 0 saturated heterocycles. The number of para-hydroxylation sites is 3. The SMILES string of the molecule is [CH2-]C(C)c1cccc(C(C)C)c1N=C1C(=Nc2ccccc2COc2ccccc2)c2cccc3cccc1c23.[CH3-].[Ni]. The number of hydrogen-bond donors (Lipinski definition) is 0. The molecule has 3 nitrogen and oxygen atoms in total. The van der Waals surface area contributed by atoms with E-state index in [2.05, 4.69) is 94.4 Å². The van der Waals surface area contributed by atoms with Crippen LogP contribution in [0.5, 0.6) is 5.75 Å². The number of rotatable bonds is 7. The standard InChI is InChI=1S/C37H33N2O.CH3.Ni/c1-24(2)29-18-12-19-30(25(3)4)35(29)39-37-32-21-11-15-26-14-10-20-31(34(26)32)36(37)38-33-22-9-8-13-27(33)23-40-28-16-6-5-7-17-28;;/h5-22,24-25H,1,23H2,2-4H3;1H3;/q2*-1;. The molecule has 0 fully saturated rings. The summed E-state index contributed by atoms with van der Waals surface area (Å²) in [6.45, 7) is 11.4. The number of benzene rings is 5. The zero-order chi connectivity index (χ0) is 27.6. The smallest absolute Gasteiger partial charge is 0.119 e. The Bertz CT molecular complexity index is 1720. The van der Waals surface area contributed by atoms with Gasteiger partial charge in [-0.05, 0) is 40.6 Å². The van der Waals surface area contributed by atoms with Crippen LogP contribution in [0.2, 0.25) is 0 Å². The summed E-state index contributed by atoms with van der Waals surface area (Å²) in [6.07, 6.45) is 0. The van der Waals surface area contributed by atoms with Gasteiger partial charge in [-0.3, -0.25) is 0 Å². The first kappa shape index (κ1) is 30.9. The van der Waals surface area contributed by atoms with Gasteiger partial charge in [-0.2, -0.15) is 0 Å². The zero-order valence-electron chi connectivity index (χ0n) is 24.6. The number of nitrogens with zero attached hydrogens (tertiary/aromatic N) is 2. The molecule has 5 aromatic rings. The van der Waals surface area contributed by atoms with Crippen molar-refractivity contribution in [3.63, 3.8) is 0 Å². The largest absolute Gasteiger partial charge is 0.489 e. The maximum absolute atomic E-state index is 6.12. The van der Waals surface area contributed by atoms with Gasteiger partial charge in [0.05, 0.1) is 22.8 Å². The first-order valence-corrected chi connectivity index (χ1v) is 13.9. The molecule has 0 spiro atoms. The Hall–Kier alpha value is -4.01. The van der Waals surface area contributed by atoms with E-state index in [1.807, 2.05) is 42.5 Å². The maximum atomic E-state index is 6.12. The Kier molecular flexibility index (Phi) is 9.81. The van der Waals surface area contributed by atoms with E-state index in [-0.39, 0.29) is 29.8 Å². The average molecular weight is 595 g/mol. The van der Waals surface area contributed by atoms with Crippen molar-refractivity contribution in [1.29, 1.82) is 0 Å². The second kappa shape index (κ2) is 13.3. The first-order chi connectivity index (χ1) is 19.5. The first-order valence-electron chi connectivity index (χ1n) is 13.9. The topological polar surface area (TPSA) is 34.0 Å². The second-order valence-corrected chi connectivity index (χ2v) is 10.7. The van der Waals surface area contributed by atoms with E-state index >= 15 is 0 Å². The van der Waals surface area contributed by atoms with Crippen molar-refractivity contribution >= 4 is 33.6 Å². The molecular weight excluding hydrogens is 559 g/mol. The summed E-state index contributed by atoms with van der Waals surface area (Å²) < 4.78 is 6.12. The molecule has 216 valence electrons. The van der Waals surface area contributed by atoms with Gasteiger partial charge in [0.1, 0.15) is 12.4 Å². The van der Waals surface area contributed by atoms with Crippen molar-refractivity contribution in [2.24, 2.45) is 9.98 Å². The molecule has 0 aliphatic heterocycles. The molecule has 4 heteroatoms. The predicted molar refractivity (Wildman–Crippen MR) is 174 cm³/mol. The normalized spacial score (nSPS) is 14.6. The van der Waals surface area contributed by atoms with Crippen LogP contribution in [-0.2, 0) is 23.1 Å². The minimum absolute atomic E-state index is 0. The molecule has 0 aromatic heterocycles. The van der Waals surface area contributed by atoms with Crippen molar-refractivity contribution in [3.05, 3.63) is 151 Å². The molecule has 0 bridgehead atoms. The molecule has 0 amide bonds. The summed E-state index contributed by atoms with van der Waals surface area (Å²) in [5, 5.41) is 2.39. The molecule has 1 unspecified atom stereocenters. The van der Waals surface area contributed by atoms with Gasteiger partial charge in [0, 0.05) is 38.6 Å². The molecule has 0 N–H and O–H groups in total. The fourth-order valence-corrected chi connectivity index (χ4v) is 5.44. The summed E-state index contributed by atoms with van der Waals surface area (Å²) in [7, 11) is 0. The van der Waals surface area contributed by atoms with Gasteiger partial charge in [-0.15, -0.1) is 5.92 Å². The minimum Gasteiger partial charge on any atom is -0.489 e. The minimum atomic E-state index is 0. The maximum Gasteiger partial charge on any atom is 0.119 e. The third kappa shape index (κ3) is 5.96. The van der Waals surface area contributed by atoms with Crippen molar-refractivity contribution < 1.29 is 21.2 Å². The third-order valence-electron chi connectivity index (χ3n) is 7.48. The Morgan fingerprint density at radius 1 is 0.667 bits per heavy atom. The Labute approximate surface area is 260 Å². The second-order valence-electron chi connectivity index (χ2n) is 10.7. The molecule has 6 rings (SSSR count). The van der Waals surface area contributed by atoms with E-state index in [0.717, 1.165) is 50.8 Å². The van der Waals surface area contributed by atoms with E-state index in [0.29, 0.717) is 12.5 Å². The van der Waals surface area contributed by atoms with Crippen molar-refractivity contribution in [3.8, 4) is 5.75 Å². The fraction of sp³-hybridized carbons (Fsp3) is 0.158. The predicted octanol–water partition coefficient (Wildman–Crippen LogP) is 10.2. The van der Waals surface area contributed by atoms with E-state index in [1.54, 1.807) is 0 Å². The molecule has 5 aromatic carbocycles. The van der Waals surface area contributed by atoms with Gasteiger partial charge in [0.15, 0.2) is 0 Å². The number of ether oxygens (including phenoxy) is 1. The third-order valence-corrected chi connectivity index (χ3v) is 7.48. The van der Waals surface area contributed by atoms with Gasteiger partial charge < -0.3 is 19.1 Å². The van der Waals surface area contributed by atoms with Crippen LogP contribution in [0.15, 0.2) is 119 Å². The van der Waals surface area contributed by atoms with Gasteiger partial charge in [0.25, 0.3) is 0 Å². The van der Waals surface area contributed by atoms with Crippen molar-refractivity contribution in [2.75, 3.05) is 0 Å². The van der Waals surface area contributed by atoms with Crippen LogP contribution in [0.25, 0.3) is 10.8 Å². The van der Waals surface area contributed by atoms with Crippen molar-refractivity contribution in [2.45, 2.75) is 39.2 Å². The van der Waals surface area contributed by atoms with E-state index in [4.69, 9.17) is 14.7 Å². The van der Waals surface area contributed by atoms with Crippen LogP contribution in [0.4, 0.5) is 11.4 Å². The molecule has 42 heavy (non-hydrogen) atoms. The number of aliphatic imine (C=N–C) groups is 2. The van der Waals surface area contributed by atoms with Crippen LogP contribution in [0, 0.1) is 14.4 Å². The molecule has 0 heterocycles. The molecule has 0 radical (unpaired) electrons. The van der Waals surface area contributed by atoms with Crippen molar-refractivity contribution in [1.82, 2.24) is 0 Å². The monoisotopic (exact) mass is 594 g/mol. The Morgan fingerprint density at radius 3 is 1.93 bits per heavy atom. The van der Waals surface area contributed by atoms with Crippen LogP contribution in [-0.4, -0.2) is 11.4 Å². The summed E-state index contributed by atoms with van der Waals surface area (Å²) in [5.41, 5.74) is 9.30. The summed E-state index contributed by atoms with van der Waals surface area (Å²) in [6, 6.07) is 37.4. The van der Waals surface area contributed by atoms with Crippen LogP contribution < -0.4 is 4.74 Å². The molecule has 1 atom stereocenters. The molecule has 0 saturated carbocycles. The van der Waals surface area contributed by atoms with E-state index < -0.39 is 0 Å². The van der Waals surface area contributed by atoms with Crippen LogP contribution >= 0.6 is 0 Å². The van der Waals surface area contributed by atoms with E-state index in [9.17, 15) is 0 Å². The Morgan fingerprint density at radius 2 is 1.26 bits per heavy atom. The van der Waals surface area contributed by atoms with Gasteiger partial charge in [-0.25, -0.2) is 9.98 Å². The summed E-state index contributed by atoms with van der Waals surface area (Å²) in [4.78, 5) is 10.8. The van der Waals surface area contributed by atoms with Gasteiger partial charge in [-0.1, -0.05) is 112 Å². The van der Waals surface area contributed by atoms with Gasteiger partial charge >= 0.3 is 0 Å². The molecular formula is C38H36N2NiO-2. The van der Waals surface area contributed by atoms with Gasteiger partial charge in [0.2, 0.25) is 0 Å². The average Bonchev–Trinajstić information content (AvgIpc) is 3.26. The van der Waals surface area contributed by atoms with Crippen LogP contribution in [0.3, 0.4) is 0 Å². The zero-order valence-corrected chi connectivity index (χ0v) is 25.6. The summed E-state index contributed by atoms with van der Waals surface area (Å²) >= 11 is 0. The number of hydrogen-bond acceptors (Lipinski definition) is 3. The molecule has 1 aliphatic carbocycles.